The first-order chi connectivity index (χ1) is 14.9. The van der Waals surface area contributed by atoms with E-state index >= 15 is 0 Å². The maximum absolute atomic E-state index is 14.0. The number of nitrogens with one attached hydrogen (secondary N) is 2. The number of amides is 2. The molecule has 2 atom stereocenters. The molecule has 8 heteroatoms. The van der Waals surface area contributed by atoms with Crippen LogP contribution in [0.5, 0.6) is 0 Å². The quantitative estimate of drug-likeness (QED) is 0.631. The minimum Gasteiger partial charge on any atom is -0.351 e. The Labute approximate surface area is 184 Å². The summed E-state index contributed by atoms with van der Waals surface area (Å²) in [5.41, 5.74) is -1.12. The monoisotopic (exact) mass is 450 g/mol. The van der Waals surface area contributed by atoms with E-state index in [9.17, 15) is 27.2 Å². The Hall–Kier alpha value is -2.90. The molecule has 0 heterocycles. The molecule has 4 nitrogen and oxygen atoms in total. The first-order valence-corrected chi connectivity index (χ1v) is 10.4. The molecule has 2 aromatic rings. The second-order valence-corrected chi connectivity index (χ2v) is 9.66. The highest BCUT2D eigenvalue weighted by molar-refractivity contribution is 5.95. The lowest BCUT2D eigenvalue weighted by molar-refractivity contribution is 0.0589. The van der Waals surface area contributed by atoms with E-state index in [0.29, 0.717) is 25.0 Å². The lowest BCUT2D eigenvalue weighted by Gasteiger charge is -2.47. The Morgan fingerprint density at radius 3 is 1.94 bits per heavy atom. The average molecular weight is 450 g/mol. The largest absolute Gasteiger partial charge is 0.351 e. The summed E-state index contributed by atoms with van der Waals surface area (Å²) in [6, 6.07) is 5.24. The first-order valence-electron chi connectivity index (χ1n) is 10.4. The summed E-state index contributed by atoms with van der Waals surface area (Å²) < 4.78 is 54.1. The Kier molecular flexibility index (Phi) is 6.62. The van der Waals surface area contributed by atoms with Gasteiger partial charge in [0, 0.05) is 24.7 Å². The number of carbonyl (C=O) groups excluding carboxylic acids is 2. The number of halogens is 4. The summed E-state index contributed by atoms with van der Waals surface area (Å²) in [7, 11) is 0. The molecular weight excluding hydrogens is 424 g/mol. The number of hydrogen-bond donors (Lipinski definition) is 2. The first kappa shape index (κ1) is 23.8. The zero-order valence-electron chi connectivity index (χ0n) is 18.2. The second kappa shape index (κ2) is 8.92. The van der Waals surface area contributed by atoms with Crippen LogP contribution in [0.2, 0.25) is 0 Å². The van der Waals surface area contributed by atoms with Gasteiger partial charge in [-0.15, -0.1) is 0 Å². The van der Waals surface area contributed by atoms with Gasteiger partial charge in [-0.05, 0) is 54.4 Å². The molecule has 2 unspecified atom stereocenters. The molecule has 172 valence electrons. The molecule has 0 aromatic heterocycles. The van der Waals surface area contributed by atoms with Crippen molar-refractivity contribution < 1.29 is 27.2 Å². The van der Waals surface area contributed by atoms with Crippen LogP contribution in [0.4, 0.5) is 17.6 Å². The van der Waals surface area contributed by atoms with Crippen molar-refractivity contribution in [3.8, 4) is 0 Å². The SMILES string of the molecule is CC1(C)CC(NC(=O)c2ccc(F)cc2F)CC(C)(CNC(=O)c2ccc(F)cc2F)C1. The fourth-order valence-corrected chi connectivity index (χ4v) is 4.87. The van der Waals surface area contributed by atoms with Crippen LogP contribution in [-0.4, -0.2) is 24.4 Å². The molecule has 2 amide bonds. The van der Waals surface area contributed by atoms with Crippen molar-refractivity contribution >= 4 is 11.8 Å². The number of carbonyl (C=O) groups is 2. The predicted octanol–water partition coefficient (Wildman–Crippen LogP) is 4.99. The summed E-state index contributed by atoms with van der Waals surface area (Å²) in [6.07, 6.45) is 1.86. The lowest BCUT2D eigenvalue weighted by atomic mass is 9.62. The van der Waals surface area contributed by atoms with Gasteiger partial charge in [0.15, 0.2) is 0 Å². The van der Waals surface area contributed by atoms with Crippen LogP contribution < -0.4 is 10.6 Å². The smallest absolute Gasteiger partial charge is 0.254 e. The van der Waals surface area contributed by atoms with Gasteiger partial charge in [-0.1, -0.05) is 20.8 Å². The molecule has 3 rings (SSSR count). The van der Waals surface area contributed by atoms with E-state index < -0.39 is 40.5 Å². The van der Waals surface area contributed by atoms with Gasteiger partial charge >= 0.3 is 0 Å². The predicted molar refractivity (Wildman–Crippen MR) is 112 cm³/mol. The topological polar surface area (TPSA) is 58.2 Å². The van der Waals surface area contributed by atoms with Crippen LogP contribution in [-0.2, 0) is 0 Å². The van der Waals surface area contributed by atoms with Crippen LogP contribution in [0.1, 0.15) is 60.7 Å². The van der Waals surface area contributed by atoms with Gasteiger partial charge in [-0.3, -0.25) is 9.59 Å². The molecule has 1 fully saturated rings. The summed E-state index contributed by atoms with van der Waals surface area (Å²) in [6.45, 7) is 6.23. The molecule has 0 bridgehead atoms. The van der Waals surface area contributed by atoms with Gasteiger partial charge in [0.25, 0.3) is 11.8 Å². The Balaban J connectivity index is 1.69. The third-order valence-corrected chi connectivity index (χ3v) is 5.81. The van der Waals surface area contributed by atoms with Crippen LogP contribution in [0.15, 0.2) is 36.4 Å². The molecule has 2 N–H and O–H groups in total. The summed E-state index contributed by atoms with van der Waals surface area (Å²) >= 11 is 0. The summed E-state index contributed by atoms with van der Waals surface area (Å²) in [5.74, 6) is -4.70. The van der Waals surface area contributed by atoms with E-state index in [4.69, 9.17) is 0 Å². The van der Waals surface area contributed by atoms with Gasteiger partial charge in [0.1, 0.15) is 23.3 Å². The van der Waals surface area contributed by atoms with Crippen molar-refractivity contribution in [2.45, 2.75) is 46.1 Å². The fourth-order valence-electron chi connectivity index (χ4n) is 4.87. The van der Waals surface area contributed by atoms with Gasteiger partial charge in [-0.25, -0.2) is 17.6 Å². The zero-order valence-corrected chi connectivity index (χ0v) is 18.2. The highest BCUT2D eigenvalue weighted by atomic mass is 19.1. The highest BCUT2D eigenvalue weighted by Crippen LogP contribution is 2.45. The van der Waals surface area contributed by atoms with Crippen molar-refractivity contribution in [2.24, 2.45) is 10.8 Å². The minimum absolute atomic E-state index is 0.196. The van der Waals surface area contributed by atoms with E-state index in [0.717, 1.165) is 30.7 Å². The third kappa shape index (κ3) is 5.66. The average Bonchev–Trinajstić information content (AvgIpc) is 2.64. The number of rotatable bonds is 5. The summed E-state index contributed by atoms with van der Waals surface area (Å²) in [5, 5.41) is 5.54. The Morgan fingerprint density at radius 1 is 0.875 bits per heavy atom. The molecule has 0 radical (unpaired) electrons. The van der Waals surface area contributed by atoms with Crippen LogP contribution >= 0.6 is 0 Å². The molecule has 1 aliphatic carbocycles. The normalized spacial score (nSPS) is 22.3. The van der Waals surface area contributed by atoms with E-state index in [1.165, 1.54) is 0 Å². The van der Waals surface area contributed by atoms with E-state index in [1.807, 2.05) is 20.8 Å². The van der Waals surface area contributed by atoms with Crippen molar-refractivity contribution in [1.82, 2.24) is 10.6 Å². The fraction of sp³-hybridized carbons (Fsp3) is 0.417. The third-order valence-electron chi connectivity index (χ3n) is 5.81. The van der Waals surface area contributed by atoms with E-state index in [1.54, 1.807) is 0 Å². The molecule has 2 aromatic carbocycles. The van der Waals surface area contributed by atoms with Crippen molar-refractivity contribution in [3.05, 3.63) is 70.8 Å². The molecule has 0 aliphatic heterocycles. The maximum atomic E-state index is 14.0. The van der Waals surface area contributed by atoms with Gasteiger partial charge in [-0.2, -0.15) is 0 Å². The number of benzene rings is 2. The zero-order chi connectivity index (χ0) is 23.7. The molecule has 1 aliphatic rings. The van der Waals surface area contributed by atoms with Crippen LogP contribution in [0.3, 0.4) is 0 Å². The minimum atomic E-state index is -0.942. The van der Waals surface area contributed by atoms with Crippen LogP contribution in [0, 0.1) is 34.1 Å². The Bertz CT molecular complexity index is 1040. The molecule has 32 heavy (non-hydrogen) atoms. The van der Waals surface area contributed by atoms with Crippen molar-refractivity contribution in [1.29, 1.82) is 0 Å². The lowest BCUT2D eigenvalue weighted by Crippen LogP contribution is -2.50. The molecule has 0 saturated heterocycles. The molecule has 1 saturated carbocycles. The van der Waals surface area contributed by atoms with Gasteiger partial charge in [0.2, 0.25) is 0 Å². The van der Waals surface area contributed by atoms with Gasteiger partial charge < -0.3 is 10.6 Å². The second-order valence-electron chi connectivity index (χ2n) is 9.66. The van der Waals surface area contributed by atoms with E-state index in [2.05, 4.69) is 10.6 Å². The summed E-state index contributed by atoms with van der Waals surface area (Å²) in [4.78, 5) is 25.0. The Morgan fingerprint density at radius 2 is 1.41 bits per heavy atom. The van der Waals surface area contributed by atoms with Gasteiger partial charge in [0.05, 0.1) is 11.1 Å². The molecular formula is C24H26F4N2O2. The van der Waals surface area contributed by atoms with Crippen molar-refractivity contribution in [2.75, 3.05) is 6.54 Å². The maximum Gasteiger partial charge on any atom is 0.254 e. The highest BCUT2D eigenvalue weighted by Gasteiger charge is 2.42. The van der Waals surface area contributed by atoms with Crippen LogP contribution in [0.25, 0.3) is 0 Å². The van der Waals surface area contributed by atoms with Crippen molar-refractivity contribution in [3.63, 3.8) is 0 Å². The standard InChI is InChI=1S/C24H26F4N2O2/c1-23(2)10-16(30-22(32)18-7-5-15(26)9-20(18)28)11-24(3,12-23)13-29-21(31)17-6-4-14(25)8-19(17)27/h4-9,16H,10-13H2,1-3H3,(H,29,31)(H,30,32). The van der Waals surface area contributed by atoms with E-state index in [-0.39, 0.29) is 29.1 Å². The molecule has 0 spiro atoms. The number of hydrogen-bond acceptors (Lipinski definition) is 2.